The van der Waals surface area contributed by atoms with Crippen LogP contribution in [-0.2, 0) is 4.79 Å². The quantitative estimate of drug-likeness (QED) is 0.672. The van der Waals surface area contributed by atoms with Gasteiger partial charge in [-0.3, -0.25) is 4.79 Å². The van der Waals surface area contributed by atoms with Crippen molar-refractivity contribution in [3.05, 3.63) is 48.7 Å². The number of carbonyl (C=O) groups is 1. The molecule has 4 rings (SSSR count). The molecule has 0 unspecified atom stereocenters. The zero-order valence-electron chi connectivity index (χ0n) is 17.4. The van der Waals surface area contributed by atoms with Gasteiger partial charge >= 0.3 is 0 Å². The Morgan fingerprint density at radius 3 is 2.67 bits per heavy atom. The third-order valence-electron chi connectivity index (χ3n) is 5.32. The summed E-state index contributed by atoms with van der Waals surface area (Å²) >= 11 is 0. The number of anilines is 1. The summed E-state index contributed by atoms with van der Waals surface area (Å²) in [6.07, 6.45) is 3.38. The molecule has 2 aromatic heterocycles. The summed E-state index contributed by atoms with van der Waals surface area (Å²) in [5, 5.41) is 7.19. The minimum absolute atomic E-state index is 0.0558. The number of aromatic nitrogens is 3. The van der Waals surface area contributed by atoms with E-state index in [0.717, 1.165) is 49.4 Å². The number of nitrogens with one attached hydrogen (secondary N) is 1. The standard InChI is InChI=1S/C23H27N5O2/c1-16(2)15-25-22(29)18-10-13-28(14-11-18)21-19(9-6-12-24-21)23-26-20(27-30-23)17-7-4-3-5-8-17/h3-9,12,16,18H,10-11,13-15H2,1-2H3,(H,25,29). The molecule has 0 saturated carbocycles. The maximum atomic E-state index is 12.4. The minimum atomic E-state index is 0.0558. The van der Waals surface area contributed by atoms with Crippen LogP contribution in [0.25, 0.3) is 22.8 Å². The molecule has 0 radical (unpaired) electrons. The van der Waals surface area contributed by atoms with Crippen molar-refractivity contribution in [2.24, 2.45) is 11.8 Å². The number of carbonyl (C=O) groups excluding carboxylic acids is 1. The lowest BCUT2D eigenvalue weighted by Crippen LogP contribution is -2.41. The predicted molar refractivity (Wildman–Crippen MR) is 116 cm³/mol. The predicted octanol–water partition coefficient (Wildman–Crippen LogP) is 3.79. The second-order valence-electron chi connectivity index (χ2n) is 8.06. The fraction of sp³-hybridized carbons (Fsp3) is 0.391. The number of piperidine rings is 1. The van der Waals surface area contributed by atoms with Crippen LogP contribution in [0.1, 0.15) is 26.7 Å². The molecule has 0 atom stereocenters. The summed E-state index contributed by atoms with van der Waals surface area (Å²) in [6.45, 7) is 6.47. The summed E-state index contributed by atoms with van der Waals surface area (Å²) in [6, 6.07) is 13.6. The summed E-state index contributed by atoms with van der Waals surface area (Å²) in [7, 11) is 0. The fourth-order valence-electron chi connectivity index (χ4n) is 3.66. The normalized spacial score (nSPS) is 14.8. The summed E-state index contributed by atoms with van der Waals surface area (Å²) in [4.78, 5) is 23.8. The van der Waals surface area contributed by atoms with Gasteiger partial charge in [-0.2, -0.15) is 4.98 Å². The molecule has 1 aliphatic heterocycles. The van der Waals surface area contributed by atoms with Gasteiger partial charge in [0.25, 0.3) is 5.89 Å². The molecule has 1 amide bonds. The maximum Gasteiger partial charge on any atom is 0.261 e. The molecule has 1 fully saturated rings. The maximum absolute atomic E-state index is 12.4. The van der Waals surface area contributed by atoms with E-state index >= 15 is 0 Å². The van der Waals surface area contributed by atoms with Crippen LogP contribution in [-0.4, -0.2) is 40.7 Å². The van der Waals surface area contributed by atoms with E-state index in [-0.39, 0.29) is 11.8 Å². The van der Waals surface area contributed by atoms with Crippen LogP contribution < -0.4 is 10.2 Å². The van der Waals surface area contributed by atoms with Crippen molar-refractivity contribution in [2.75, 3.05) is 24.5 Å². The molecule has 3 aromatic rings. The zero-order valence-corrected chi connectivity index (χ0v) is 17.4. The highest BCUT2D eigenvalue weighted by atomic mass is 16.5. The molecule has 0 aliphatic carbocycles. The van der Waals surface area contributed by atoms with Gasteiger partial charge < -0.3 is 14.7 Å². The first-order valence-corrected chi connectivity index (χ1v) is 10.5. The lowest BCUT2D eigenvalue weighted by atomic mass is 9.95. The number of nitrogens with zero attached hydrogens (tertiary/aromatic N) is 4. The van der Waals surface area contributed by atoms with Crippen LogP contribution >= 0.6 is 0 Å². The molecular weight excluding hydrogens is 378 g/mol. The lowest BCUT2D eigenvalue weighted by molar-refractivity contribution is -0.125. The smallest absolute Gasteiger partial charge is 0.261 e. The molecule has 1 N–H and O–H groups in total. The number of rotatable bonds is 6. The van der Waals surface area contributed by atoms with Gasteiger partial charge in [-0.1, -0.05) is 49.3 Å². The third-order valence-corrected chi connectivity index (χ3v) is 5.32. The summed E-state index contributed by atoms with van der Waals surface area (Å²) < 4.78 is 5.56. The molecule has 1 saturated heterocycles. The Morgan fingerprint density at radius 1 is 1.17 bits per heavy atom. The first kappa shape index (κ1) is 20.1. The lowest BCUT2D eigenvalue weighted by Gasteiger charge is -2.33. The van der Waals surface area contributed by atoms with Gasteiger partial charge in [0.1, 0.15) is 5.82 Å². The zero-order chi connectivity index (χ0) is 20.9. The largest absolute Gasteiger partial charge is 0.356 e. The van der Waals surface area contributed by atoms with Crippen molar-refractivity contribution in [1.29, 1.82) is 0 Å². The molecule has 7 heteroatoms. The SMILES string of the molecule is CC(C)CNC(=O)C1CCN(c2ncccc2-c2nc(-c3ccccc3)no2)CC1. The Hall–Kier alpha value is -3.22. The highest BCUT2D eigenvalue weighted by Crippen LogP contribution is 2.31. The van der Waals surface area contributed by atoms with E-state index in [0.29, 0.717) is 17.6 Å². The van der Waals surface area contributed by atoms with Crippen LogP contribution in [0.4, 0.5) is 5.82 Å². The second kappa shape index (κ2) is 9.07. The molecule has 156 valence electrons. The van der Waals surface area contributed by atoms with Gasteiger partial charge in [0.2, 0.25) is 11.7 Å². The third kappa shape index (κ3) is 4.50. The van der Waals surface area contributed by atoms with E-state index in [1.54, 1.807) is 6.20 Å². The van der Waals surface area contributed by atoms with Gasteiger partial charge in [-0.15, -0.1) is 0 Å². The first-order valence-electron chi connectivity index (χ1n) is 10.5. The molecule has 1 aliphatic rings. The van der Waals surface area contributed by atoms with Crippen LogP contribution in [0, 0.1) is 11.8 Å². The average Bonchev–Trinajstić information content (AvgIpc) is 3.28. The Kier molecular flexibility index (Phi) is 6.07. The molecular formula is C23H27N5O2. The van der Waals surface area contributed by atoms with Crippen molar-refractivity contribution in [3.8, 4) is 22.8 Å². The summed E-state index contributed by atoms with van der Waals surface area (Å²) in [5.74, 6) is 2.51. The van der Waals surface area contributed by atoms with Crippen molar-refractivity contribution >= 4 is 11.7 Å². The van der Waals surface area contributed by atoms with Crippen LogP contribution in [0.3, 0.4) is 0 Å². The van der Waals surface area contributed by atoms with E-state index in [4.69, 9.17) is 4.52 Å². The molecule has 30 heavy (non-hydrogen) atoms. The highest BCUT2D eigenvalue weighted by molar-refractivity contribution is 5.79. The number of amides is 1. The van der Waals surface area contributed by atoms with Crippen molar-refractivity contribution in [1.82, 2.24) is 20.4 Å². The molecule has 7 nitrogen and oxygen atoms in total. The van der Waals surface area contributed by atoms with E-state index in [2.05, 4.69) is 39.2 Å². The topological polar surface area (TPSA) is 84.2 Å². The van der Waals surface area contributed by atoms with Gasteiger partial charge in [0.05, 0.1) is 5.56 Å². The molecule has 3 heterocycles. The average molecular weight is 406 g/mol. The number of pyridine rings is 1. The second-order valence-corrected chi connectivity index (χ2v) is 8.06. The van der Waals surface area contributed by atoms with E-state index in [9.17, 15) is 4.79 Å². The van der Waals surface area contributed by atoms with Gasteiger partial charge in [0.15, 0.2) is 0 Å². The van der Waals surface area contributed by atoms with Crippen LogP contribution in [0.5, 0.6) is 0 Å². The van der Waals surface area contributed by atoms with Gasteiger partial charge in [0, 0.05) is 37.3 Å². The Bertz CT molecular complexity index is 978. The molecule has 0 bridgehead atoms. The van der Waals surface area contributed by atoms with Crippen molar-refractivity contribution in [3.63, 3.8) is 0 Å². The Balaban J connectivity index is 1.47. The minimum Gasteiger partial charge on any atom is -0.356 e. The monoisotopic (exact) mass is 405 g/mol. The van der Waals surface area contributed by atoms with E-state index < -0.39 is 0 Å². The van der Waals surface area contributed by atoms with Gasteiger partial charge in [-0.25, -0.2) is 4.98 Å². The van der Waals surface area contributed by atoms with Crippen LogP contribution in [0.2, 0.25) is 0 Å². The van der Waals surface area contributed by atoms with E-state index in [1.807, 2.05) is 42.5 Å². The van der Waals surface area contributed by atoms with Crippen molar-refractivity contribution < 1.29 is 9.32 Å². The first-order chi connectivity index (χ1) is 14.6. The van der Waals surface area contributed by atoms with Gasteiger partial charge in [-0.05, 0) is 30.9 Å². The summed E-state index contributed by atoms with van der Waals surface area (Å²) in [5.41, 5.74) is 1.72. The number of hydrogen-bond donors (Lipinski definition) is 1. The molecule has 1 aromatic carbocycles. The highest BCUT2D eigenvalue weighted by Gasteiger charge is 2.27. The fourth-order valence-corrected chi connectivity index (χ4v) is 3.66. The number of benzene rings is 1. The van der Waals surface area contributed by atoms with Crippen molar-refractivity contribution in [2.45, 2.75) is 26.7 Å². The molecule has 0 spiro atoms. The van der Waals surface area contributed by atoms with E-state index in [1.165, 1.54) is 0 Å². The Morgan fingerprint density at radius 2 is 1.93 bits per heavy atom. The van der Waals surface area contributed by atoms with Crippen LogP contribution in [0.15, 0.2) is 53.2 Å². The number of hydrogen-bond acceptors (Lipinski definition) is 6. The Labute approximate surface area is 176 Å².